The van der Waals surface area contributed by atoms with E-state index in [0.29, 0.717) is 0 Å². The van der Waals surface area contributed by atoms with Gasteiger partial charge in [-0.05, 0) is 46.9 Å². The molecule has 2 saturated heterocycles. The summed E-state index contributed by atoms with van der Waals surface area (Å²) in [5, 5.41) is 0. The van der Waals surface area contributed by atoms with Gasteiger partial charge in [-0.2, -0.15) is 0 Å². The Labute approximate surface area is 105 Å². The van der Waals surface area contributed by atoms with Crippen molar-refractivity contribution in [3.05, 3.63) is 22.6 Å². The van der Waals surface area contributed by atoms with Crippen LogP contribution in [-0.2, 0) is 6.54 Å². The Kier molecular flexibility index (Phi) is 2.81. The number of nitrogens with zero attached hydrogens (tertiary/aromatic N) is 2. The van der Waals surface area contributed by atoms with Gasteiger partial charge in [0.2, 0.25) is 0 Å². The topological polar surface area (TPSA) is 19.6 Å². The molecule has 0 saturated carbocycles. The van der Waals surface area contributed by atoms with Gasteiger partial charge in [-0.3, -0.25) is 4.90 Å². The maximum absolute atomic E-state index is 5.55. The van der Waals surface area contributed by atoms with Crippen molar-refractivity contribution in [3.63, 3.8) is 0 Å². The maximum Gasteiger partial charge on any atom is 0.169 e. The van der Waals surface area contributed by atoms with Gasteiger partial charge in [0.05, 0.1) is 6.54 Å². The van der Waals surface area contributed by atoms with Crippen LogP contribution in [0.15, 0.2) is 21.2 Å². The number of hydrogen-bond donors (Lipinski definition) is 0. The van der Waals surface area contributed by atoms with E-state index in [9.17, 15) is 0 Å². The number of fused-ring (bicyclic) bond motifs is 1. The summed E-state index contributed by atoms with van der Waals surface area (Å²) in [6, 6.07) is 4.03. The fourth-order valence-corrected chi connectivity index (χ4v) is 3.45. The van der Waals surface area contributed by atoms with Crippen molar-refractivity contribution in [3.8, 4) is 0 Å². The maximum atomic E-state index is 5.55. The Morgan fingerprint density at radius 3 is 2.50 bits per heavy atom. The molecule has 2 atom stereocenters. The predicted molar refractivity (Wildman–Crippen MR) is 66.2 cm³/mol. The largest absolute Gasteiger partial charge is 0.453 e. The third kappa shape index (κ3) is 2.06. The van der Waals surface area contributed by atoms with Crippen LogP contribution in [0, 0.1) is 11.8 Å². The highest BCUT2D eigenvalue weighted by atomic mass is 79.9. The second-order valence-corrected chi connectivity index (χ2v) is 5.92. The summed E-state index contributed by atoms with van der Waals surface area (Å²) in [4.78, 5) is 4.98. The zero-order valence-electron chi connectivity index (χ0n) is 9.53. The van der Waals surface area contributed by atoms with E-state index in [-0.39, 0.29) is 0 Å². The molecule has 2 aliphatic rings. The summed E-state index contributed by atoms with van der Waals surface area (Å²) >= 11 is 3.35. The third-order valence-corrected chi connectivity index (χ3v) is 4.18. The minimum absolute atomic E-state index is 0.835. The molecule has 0 spiro atoms. The summed E-state index contributed by atoms with van der Waals surface area (Å²) in [7, 11) is 2.23. The lowest BCUT2D eigenvalue weighted by Gasteiger charge is -2.17. The van der Waals surface area contributed by atoms with Crippen LogP contribution in [0.5, 0.6) is 0 Å². The van der Waals surface area contributed by atoms with E-state index in [2.05, 4.69) is 38.8 Å². The molecule has 1 aromatic rings. The second kappa shape index (κ2) is 4.17. The lowest BCUT2D eigenvalue weighted by molar-refractivity contribution is 0.252. The van der Waals surface area contributed by atoms with Crippen LogP contribution in [0.4, 0.5) is 0 Å². The molecular formula is C12H17BrN2O. The monoisotopic (exact) mass is 284 g/mol. The first-order valence-corrected chi connectivity index (χ1v) is 6.65. The van der Waals surface area contributed by atoms with Crippen molar-refractivity contribution in [2.75, 3.05) is 33.2 Å². The van der Waals surface area contributed by atoms with Gasteiger partial charge in [0.1, 0.15) is 5.76 Å². The average Bonchev–Trinajstić information content (AvgIpc) is 2.81. The predicted octanol–water partition coefficient (Wildman–Crippen LogP) is 2.04. The van der Waals surface area contributed by atoms with E-state index < -0.39 is 0 Å². The van der Waals surface area contributed by atoms with E-state index in [0.717, 1.165) is 28.8 Å². The van der Waals surface area contributed by atoms with E-state index >= 15 is 0 Å². The average molecular weight is 285 g/mol. The molecule has 0 N–H and O–H groups in total. The molecule has 2 fully saturated rings. The van der Waals surface area contributed by atoms with E-state index in [1.54, 1.807) is 0 Å². The van der Waals surface area contributed by atoms with Crippen molar-refractivity contribution in [2.24, 2.45) is 11.8 Å². The summed E-state index contributed by atoms with van der Waals surface area (Å²) in [5.41, 5.74) is 0. The highest BCUT2D eigenvalue weighted by Gasteiger charge is 2.38. The van der Waals surface area contributed by atoms with Crippen molar-refractivity contribution in [1.82, 2.24) is 9.80 Å². The molecule has 0 bridgehead atoms. The molecule has 0 amide bonds. The van der Waals surface area contributed by atoms with Crippen LogP contribution in [0.1, 0.15) is 5.76 Å². The first-order valence-electron chi connectivity index (χ1n) is 5.86. The summed E-state index contributed by atoms with van der Waals surface area (Å²) < 4.78 is 6.39. The fourth-order valence-electron chi connectivity index (χ4n) is 3.11. The quantitative estimate of drug-likeness (QED) is 0.829. The van der Waals surface area contributed by atoms with E-state index in [1.807, 2.05) is 6.07 Å². The molecule has 3 heterocycles. The Morgan fingerprint density at radius 2 is 1.94 bits per heavy atom. The minimum atomic E-state index is 0.835. The lowest BCUT2D eigenvalue weighted by Crippen LogP contribution is -2.26. The second-order valence-electron chi connectivity index (χ2n) is 5.14. The summed E-state index contributed by atoms with van der Waals surface area (Å²) in [6.07, 6.45) is 0. The standard InChI is InChI=1S/C12H17BrN2O/c1-14-4-9-6-15(7-10(9)5-14)8-11-2-3-12(13)16-11/h2-3,9-10H,4-8H2,1H3. The number of furan rings is 1. The SMILES string of the molecule is CN1CC2CN(Cc3ccc(Br)o3)CC2C1. The third-order valence-electron chi connectivity index (χ3n) is 3.75. The lowest BCUT2D eigenvalue weighted by atomic mass is 10.0. The van der Waals surface area contributed by atoms with Crippen LogP contribution in [0.3, 0.4) is 0 Å². The molecule has 2 unspecified atom stereocenters. The number of hydrogen-bond acceptors (Lipinski definition) is 3. The molecule has 3 rings (SSSR count). The van der Waals surface area contributed by atoms with Crippen LogP contribution in [0.25, 0.3) is 0 Å². The molecule has 0 radical (unpaired) electrons. The first kappa shape index (κ1) is 10.8. The highest BCUT2D eigenvalue weighted by Crippen LogP contribution is 2.31. The molecule has 1 aromatic heterocycles. The van der Waals surface area contributed by atoms with Crippen LogP contribution in [-0.4, -0.2) is 43.0 Å². The van der Waals surface area contributed by atoms with Crippen LogP contribution in [0.2, 0.25) is 0 Å². The smallest absolute Gasteiger partial charge is 0.169 e. The highest BCUT2D eigenvalue weighted by molar-refractivity contribution is 9.10. The van der Waals surface area contributed by atoms with Gasteiger partial charge in [-0.25, -0.2) is 0 Å². The van der Waals surface area contributed by atoms with Crippen molar-refractivity contribution in [2.45, 2.75) is 6.54 Å². The Balaban J connectivity index is 1.59. The molecule has 4 heteroatoms. The molecular weight excluding hydrogens is 268 g/mol. The van der Waals surface area contributed by atoms with Crippen molar-refractivity contribution >= 4 is 15.9 Å². The normalized spacial score (nSPS) is 31.1. The van der Waals surface area contributed by atoms with Gasteiger partial charge >= 0.3 is 0 Å². The molecule has 3 nitrogen and oxygen atoms in total. The molecule has 2 aliphatic heterocycles. The van der Waals surface area contributed by atoms with Gasteiger partial charge in [-0.15, -0.1) is 0 Å². The van der Waals surface area contributed by atoms with E-state index in [1.165, 1.54) is 26.2 Å². The zero-order chi connectivity index (χ0) is 11.1. The van der Waals surface area contributed by atoms with Crippen LogP contribution >= 0.6 is 15.9 Å². The molecule has 88 valence electrons. The number of rotatable bonds is 2. The van der Waals surface area contributed by atoms with Gasteiger partial charge in [0, 0.05) is 26.2 Å². The molecule has 16 heavy (non-hydrogen) atoms. The Hall–Kier alpha value is -0.320. The zero-order valence-corrected chi connectivity index (χ0v) is 11.1. The fraction of sp³-hybridized carbons (Fsp3) is 0.667. The minimum Gasteiger partial charge on any atom is -0.453 e. The van der Waals surface area contributed by atoms with Crippen LogP contribution < -0.4 is 0 Å². The van der Waals surface area contributed by atoms with Crippen molar-refractivity contribution in [1.29, 1.82) is 0 Å². The van der Waals surface area contributed by atoms with E-state index in [4.69, 9.17) is 4.42 Å². The summed E-state index contributed by atoms with van der Waals surface area (Å²) in [5.74, 6) is 2.83. The Bertz CT molecular complexity index is 365. The first-order chi connectivity index (χ1) is 7.70. The Morgan fingerprint density at radius 1 is 1.25 bits per heavy atom. The van der Waals surface area contributed by atoms with Gasteiger partial charge < -0.3 is 9.32 Å². The van der Waals surface area contributed by atoms with Crippen molar-refractivity contribution < 1.29 is 4.42 Å². The molecule has 0 aromatic carbocycles. The summed E-state index contributed by atoms with van der Waals surface area (Å²) in [6.45, 7) is 5.95. The molecule has 0 aliphatic carbocycles. The number of likely N-dealkylation sites (tertiary alicyclic amines) is 2. The van der Waals surface area contributed by atoms with Gasteiger partial charge in [0.15, 0.2) is 4.67 Å². The van der Waals surface area contributed by atoms with Gasteiger partial charge in [-0.1, -0.05) is 0 Å². The number of halogens is 1. The van der Waals surface area contributed by atoms with Gasteiger partial charge in [0.25, 0.3) is 0 Å².